The van der Waals surface area contributed by atoms with E-state index in [0.717, 1.165) is 18.4 Å². The van der Waals surface area contributed by atoms with Crippen molar-refractivity contribution in [2.75, 3.05) is 20.3 Å². The number of amides is 2. The fourth-order valence-electron chi connectivity index (χ4n) is 3.08. The molecule has 0 saturated heterocycles. The van der Waals surface area contributed by atoms with Crippen molar-refractivity contribution in [2.45, 2.75) is 45.2 Å². The average Bonchev–Trinajstić information content (AvgIpc) is 2.58. The van der Waals surface area contributed by atoms with Crippen LogP contribution in [0.25, 0.3) is 0 Å². The zero-order valence-electron chi connectivity index (χ0n) is 14.5. The summed E-state index contributed by atoms with van der Waals surface area (Å²) < 4.78 is 10.7. The van der Waals surface area contributed by atoms with E-state index in [1.54, 1.807) is 13.2 Å². The molecule has 134 valence electrons. The third-order valence-electron chi connectivity index (χ3n) is 4.30. The minimum atomic E-state index is -0.131. The van der Waals surface area contributed by atoms with Gasteiger partial charge in [-0.3, -0.25) is 0 Å². The van der Waals surface area contributed by atoms with Crippen LogP contribution in [0.5, 0.6) is 11.5 Å². The molecule has 3 N–H and O–H groups in total. The van der Waals surface area contributed by atoms with Crippen LogP contribution in [-0.2, 0) is 6.54 Å². The molecule has 2 amide bonds. The van der Waals surface area contributed by atoms with Crippen LogP contribution in [-0.4, -0.2) is 37.5 Å². The van der Waals surface area contributed by atoms with Gasteiger partial charge in [-0.2, -0.15) is 0 Å². The molecule has 1 aromatic carbocycles. The van der Waals surface area contributed by atoms with Crippen molar-refractivity contribution < 1.29 is 19.4 Å². The highest BCUT2D eigenvalue weighted by Crippen LogP contribution is 2.28. The Labute approximate surface area is 143 Å². The van der Waals surface area contributed by atoms with Gasteiger partial charge in [-0.15, -0.1) is 0 Å². The number of aliphatic hydroxyl groups excluding tert-OH is 1. The van der Waals surface area contributed by atoms with Crippen LogP contribution >= 0.6 is 0 Å². The quantitative estimate of drug-likeness (QED) is 0.714. The minimum Gasteiger partial charge on any atom is -0.493 e. The van der Waals surface area contributed by atoms with Gasteiger partial charge in [0.15, 0.2) is 11.5 Å². The summed E-state index contributed by atoms with van der Waals surface area (Å²) >= 11 is 0. The fraction of sp³-hybridized carbons (Fsp3) is 0.611. The van der Waals surface area contributed by atoms with Gasteiger partial charge in [-0.1, -0.05) is 25.8 Å². The first-order valence-corrected chi connectivity index (χ1v) is 8.57. The molecule has 0 heterocycles. The van der Waals surface area contributed by atoms with Gasteiger partial charge in [0.2, 0.25) is 0 Å². The van der Waals surface area contributed by atoms with Crippen LogP contribution in [0.4, 0.5) is 4.79 Å². The summed E-state index contributed by atoms with van der Waals surface area (Å²) in [7, 11) is 1.56. The summed E-state index contributed by atoms with van der Waals surface area (Å²) in [6, 6.07) is 5.63. The third kappa shape index (κ3) is 5.60. The Morgan fingerprint density at radius 3 is 2.88 bits per heavy atom. The lowest BCUT2D eigenvalue weighted by atomic mass is 9.87. The molecule has 24 heavy (non-hydrogen) atoms. The summed E-state index contributed by atoms with van der Waals surface area (Å²) in [4.78, 5) is 12.0. The first-order chi connectivity index (χ1) is 11.6. The number of ether oxygens (including phenoxy) is 2. The molecule has 1 saturated carbocycles. The molecular formula is C18H28N2O4. The summed E-state index contributed by atoms with van der Waals surface area (Å²) in [5.41, 5.74) is 0.926. The van der Waals surface area contributed by atoms with E-state index in [4.69, 9.17) is 14.6 Å². The predicted molar refractivity (Wildman–Crippen MR) is 92.4 cm³/mol. The summed E-state index contributed by atoms with van der Waals surface area (Å²) in [6.07, 6.45) is 4.55. The summed E-state index contributed by atoms with van der Waals surface area (Å²) in [5.74, 6) is 1.85. The van der Waals surface area contributed by atoms with E-state index in [-0.39, 0.29) is 25.3 Å². The first kappa shape index (κ1) is 18.4. The lowest BCUT2D eigenvalue weighted by molar-refractivity contribution is 0.196. The summed E-state index contributed by atoms with van der Waals surface area (Å²) in [6.45, 7) is 2.83. The second-order valence-electron chi connectivity index (χ2n) is 6.35. The Morgan fingerprint density at radius 1 is 1.33 bits per heavy atom. The number of rotatable bonds is 7. The summed E-state index contributed by atoms with van der Waals surface area (Å²) in [5, 5.41) is 14.8. The van der Waals surface area contributed by atoms with Crippen LogP contribution in [0.3, 0.4) is 0 Å². The van der Waals surface area contributed by atoms with E-state index in [0.29, 0.717) is 24.0 Å². The molecule has 6 nitrogen and oxygen atoms in total. The Hall–Kier alpha value is -1.95. The van der Waals surface area contributed by atoms with Crippen molar-refractivity contribution in [2.24, 2.45) is 5.92 Å². The number of methoxy groups -OCH3 is 1. The Kier molecular flexibility index (Phi) is 7.18. The molecule has 2 rings (SSSR count). The largest absolute Gasteiger partial charge is 0.493 e. The third-order valence-corrected chi connectivity index (χ3v) is 4.30. The molecule has 0 spiro atoms. The SMILES string of the molecule is COc1cc(CNC(=O)N[C@H]2CCC[C@@H](C)C2)ccc1OCCO. The van der Waals surface area contributed by atoms with Gasteiger partial charge >= 0.3 is 6.03 Å². The zero-order valence-corrected chi connectivity index (χ0v) is 14.5. The van der Waals surface area contributed by atoms with Gasteiger partial charge in [-0.25, -0.2) is 4.79 Å². The Morgan fingerprint density at radius 2 is 2.17 bits per heavy atom. The maximum absolute atomic E-state index is 12.0. The molecule has 1 fully saturated rings. The van der Waals surface area contributed by atoms with Crippen LogP contribution in [0.15, 0.2) is 18.2 Å². The maximum atomic E-state index is 12.0. The standard InChI is InChI=1S/C18H28N2O4/c1-13-4-3-5-15(10-13)20-18(22)19-12-14-6-7-16(24-9-8-21)17(11-14)23-2/h6-7,11,13,15,21H,3-5,8-10,12H2,1-2H3,(H2,19,20,22)/t13-,15+/m1/s1. The van der Waals surface area contributed by atoms with E-state index >= 15 is 0 Å². The van der Waals surface area contributed by atoms with Gasteiger partial charge in [0.05, 0.1) is 13.7 Å². The minimum absolute atomic E-state index is 0.0492. The highest BCUT2D eigenvalue weighted by molar-refractivity contribution is 5.74. The lowest BCUT2D eigenvalue weighted by Crippen LogP contribution is -2.43. The Bertz CT molecular complexity index is 536. The molecule has 0 aromatic heterocycles. The lowest BCUT2D eigenvalue weighted by Gasteiger charge is -2.27. The number of carbonyl (C=O) groups excluding carboxylic acids is 1. The van der Waals surface area contributed by atoms with E-state index in [9.17, 15) is 4.79 Å². The topological polar surface area (TPSA) is 79.8 Å². The second-order valence-corrected chi connectivity index (χ2v) is 6.35. The fourth-order valence-corrected chi connectivity index (χ4v) is 3.08. The molecule has 0 bridgehead atoms. The molecule has 2 atom stereocenters. The maximum Gasteiger partial charge on any atom is 0.315 e. The monoisotopic (exact) mass is 336 g/mol. The van der Waals surface area contributed by atoms with Crippen molar-refractivity contribution in [3.63, 3.8) is 0 Å². The zero-order chi connectivity index (χ0) is 17.4. The second kappa shape index (κ2) is 9.37. The van der Waals surface area contributed by atoms with Crippen LogP contribution in [0.2, 0.25) is 0 Å². The van der Waals surface area contributed by atoms with E-state index in [1.165, 1.54) is 12.8 Å². The molecule has 6 heteroatoms. The Balaban J connectivity index is 1.83. The van der Waals surface area contributed by atoms with Crippen LogP contribution in [0, 0.1) is 5.92 Å². The van der Waals surface area contributed by atoms with Gasteiger partial charge in [-0.05, 0) is 36.5 Å². The van der Waals surface area contributed by atoms with Gasteiger partial charge in [0.1, 0.15) is 6.61 Å². The van der Waals surface area contributed by atoms with Crippen molar-refractivity contribution in [1.29, 1.82) is 0 Å². The normalized spacial score (nSPS) is 20.3. The van der Waals surface area contributed by atoms with E-state index in [1.807, 2.05) is 12.1 Å². The number of aliphatic hydroxyl groups is 1. The number of carbonyl (C=O) groups is 1. The van der Waals surface area contributed by atoms with E-state index in [2.05, 4.69) is 17.6 Å². The molecule has 0 unspecified atom stereocenters. The highest BCUT2D eigenvalue weighted by Gasteiger charge is 2.20. The molecule has 1 aromatic rings. The molecule has 1 aliphatic carbocycles. The van der Waals surface area contributed by atoms with Gasteiger partial charge in [0.25, 0.3) is 0 Å². The van der Waals surface area contributed by atoms with Gasteiger partial charge in [0, 0.05) is 12.6 Å². The number of hydrogen-bond donors (Lipinski definition) is 3. The van der Waals surface area contributed by atoms with Gasteiger partial charge < -0.3 is 25.2 Å². The van der Waals surface area contributed by atoms with Crippen LogP contribution in [0.1, 0.15) is 38.2 Å². The molecule has 0 aliphatic heterocycles. The van der Waals surface area contributed by atoms with Crippen molar-refractivity contribution in [3.8, 4) is 11.5 Å². The van der Waals surface area contributed by atoms with Crippen molar-refractivity contribution in [3.05, 3.63) is 23.8 Å². The molecular weight excluding hydrogens is 308 g/mol. The highest BCUT2D eigenvalue weighted by atomic mass is 16.5. The predicted octanol–water partition coefficient (Wildman–Crippen LogP) is 2.44. The van der Waals surface area contributed by atoms with Crippen molar-refractivity contribution in [1.82, 2.24) is 10.6 Å². The number of nitrogens with one attached hydrogen (secondary N) is 2. The number of benzene rings is 1. The smallest absolute Gasteiger partial charge is 0.315 e. The van der Waals surface area contributed by atoms with Crippen LogP contribution < -0.4 is 20.1 Å². The number of hydrogen-bond acceptors (Lipinski definition) is 4. The number of urea groups is 1. The average molecular weight is 336 g/mol. The van der Waals surface area contributed by atoms with E-state index < -0.39 is 0 Å². The first-order valence-electron chi connectivity index (χ1n) is 8.57. The van der Waals surface area contributed by atoms with Crippen molar-refractivity contribution >= 4 is 6.03 Å². The molecule has 1 aliphatic rings. The molecule has 0 radical (unpaired) electrons.